The quantitative estimate of drug-likeness (QED) is 0.655. The Balaban J connectivity index is 1.65. The number of aryl methyl sites for hydroxylation is 1. The first-order valence-electron chi connectivity index (χ1n) is 11.2. The fourth-order valence-corrected chi connectivity index (χ4v) is 4.10. The number of nitrogens with zero attached hydrogens (tertiary/aromatic N) is 2. The highest BCUT2D eigenvalue weighted by Crippen LogP contribution is 2.25. The summed E-state index contributed by atoms with van der Waals surface area (Å²) in [5, 5.41) is 6.39. The molecule has 1 fully saturated rings. The van der Waals surface area contributed by atoms with E-state index in [9.17, 15) is 9.59 Å². The molecule has 2 aromatic carbocycles. The van der Waals surface area contributed by atoms with Crippen LogP contribution in [0.5, 0.6) is 0 Å². The van der Waals surface area contributed by atoms with Gasteiger partial charge in [0.1, 0.15) is 6.04 Å². The average molecular weight is 457 g/mol. The first-order valence-corrected chi connectivity index (χ1v) is 11.6. The normalized spacial score (nSPS) is 15.5. The summed E-state index contributed by atoms with van der Waals surface area (Å²) in [7, 11) is 0. The van der Waals surface area contributed by atoms with E-state index < -0.39 is 6.04 Å². The number of hydrogen-bond donors (Lipinski definition) is 2. The molecule has 0 radical (unpaired) electrons. The number of halogens is 1. The largest absolute Gasteiger partial charge is 0.369 e. The number of amides is 2. The van der Waals surface area contributed by atoms with Crippen molar-refractivity contribution in [1.82, 2.24) is 10.2 Å². The van der Waals surface area contributed by atoms with Gasteiger partial charge >= 0.3 is 0 Å². The van der Waals surface area contributed by atoms with Crippen LogP contribution in [-0.4, -0.2) is 55.5 Å². The summed E-state index contributed by atoms with van der Waals surface area (Å²) in [5.41, 5.74) is 3.53. The molecule has 1 aliphatic heterocycles. The summed E-state index contributed by atoms with van der Waals surface area (Å²) >= 11 is 5.90. The number of likely N-dealkylation sites (N-methyl/N-ethyl adjacent to an activating group) is 1. The molecule has 0 aromatic heterocycles. The predicted molar refractivity (Wildman–Crippen MR) is 132 cm³/mol. The molecular weight excluding hydrogens is 424 g/mol. The van der Waals surface area contributed by atoms with Gasteiger partial charge in [-0.3, -0.25) is 9.59 Å². The number of carbonyl (C=O) groups is 2. The van der Waals surface area contributed by atoms with Gasteiger partial charge in [-0.2, -0.15) is 0 Å². The van der Waals surface area contributed by atoms with Gasteiger partial charge in [-0.05, 0) is 67.4 Å². The van der Waals surface area contributed by atoms with Crippen LogP contribution in [0.15, 0.2) is 42.5 Å². The van der Waals surface area contributed by atoms with E-state index in [0.29, 0.717) is 10.6 Å². The van der Waals surface area contributed by atoms with E-state index in [2.05, 4.69) is 40.3 Å². The molecule has 0 aliphatic carbocycles. The number of benzene rings is 2. The van der Waals surface area contributed by atoms with Crippen molar-refractivity contribution in [1.29, 1.82) is 0 Å². The third-order valence-corrected chi connectivity index (χ3v) is 6.22. The summed E-state index contributed by atoms with van der Waals surface area (Å²) in [6.07, 6.45) is 0. The Hall–Kier alpha value is -2.57. The molecule has 2 amide bonds. The molecule has 1 atom stereocenters. The van der Waals surface area contributed by atoms with Crippen molar-refractivity contribution < 1.29 is 9.59 Å². The number of nitrogens with one attached hydrogen (secondary N) is 2. The van der Waals surface area contributed by atoms with Crippen molar-refractivity contribution in [3.05, 3.63) is 58.6 Å². The lowest BCUT2D eigenvalue weighted by molar-refractivity contribution is -0.118. The van der Waals surface area contributed by atoms with E-state index in [-0.39, 0.29) is 17.7 Å². The molecule has 3 rings (SSSR count). The second kappa shape index (κ2) is 10.8. The molecule has 1 saturated heterocycles. The summed E-state index contributed by atoms with van der Waals surface area (Å²) in [5.74, 6) is -0.597. The maximum absolute atomic E-state index is 13.0. The lowest BCUT2D eigenvalue weighted by atomic mass is 10.0. The highest BCUT2D eigenvalue weighted by molar-refractivity contribution is 6.30. The average Bonchev–Trinajstić information content (AvgIpc) is 2.77. The Morgan fingerprint density at radius 3 is 2.25 bits per heavy atom. The lowest BCUT2D eigenvalue weighted by Crippen LogP contribution is -2.47. The Morgan fingerprint density at radius 2 is 1.69 bits per heavy atom. The van der Waals surface area contributed by atoms with Gasteiger partial charge in [-0.1, -0.05) is 32.4 Å². The molecule has 172 valence electrons. The Bertz CT molecular complexity index is 937. The van der Waals surface area contributed by atoms with E-state index in [4.69, 9.17) is 11.6 Å². The molecule has 1 heterocycles. The van der Waals surface area contributed by atoms with Crippen LogP contribution in [0.3, 0.4) is 0 Å². The van der Waals surface area contributed by atoms with Gasteiger partial charge in [0.2, 0.25) is 5.91 Å². The SMILES string of the molecule is CCN1CCN(c2ccc(NC(=O)[C@@H](NC(=O)c3ccc(Cl)cc3)C(C)C)cc2C)CC1. The minimum Gasteiger partial charge on any atom is -0.369 e. The zero-order valence-corrected chi connectivity index (χ0v) is 20.1. The summed E-state index contributed by atoms with van der Waals surface area (Å²) in [6, 6.07) is 12.0. The monoisotopic (exact) mass is 456 g/mol. The smallest absolute Gasteiger partial charge is 0.251 e. The minimum atomic E-state index is -0.653. The van der Waals surface area contributed by atoms with Crippen molar-refractivity contribution >= 4 is 34.8 Å². The van der Waals surface area contributed by atoms with E-state index in [0.717, 1.165) is 44.0 Å². The van der Waals surface area contributed by atoms with Crippen molar-refractivity contribution in [3.8, 4) is 0 Å². The highest BCUT2D eigenvalue weighted by Gasteiger charge is 2.25. The van der Waals surface area contributed by atoms with Crippen LogP contribution < -0.4 is 15.5 Å². The first-order chi connectivity index (χ1) is 15.3. The van der Waals surface area contributed by atoms with Crippen LogP contribution in [0, 0.1) is 12.8 Å². The second-order valence-corrected chi connectivity index (χ2v) is 9.05. The van der Waals surface area contributed by atoms with Crippen LogP contribution in [0.25, 0.3) is 0 Å². The molecule has 1 aliphatic rings. The maximum atomic E-state index is 13.0. The van der Waals surface area contributed by atoms with Crippen LogP contribution >= 0.6 is 11.6 Å². The van der Waals surface area contributed by atoms with Crippen LogP contribution in [-0.2, 0) is 4.79 Å². The fourth-order valence-electron chi connectivity index (χ4n) is 3.97. The zero-order valence-electron chi connectivity index (χ0n) is 19.3. The molecule has 0 spiro atoms. The standard InChI is InChI=1S/C25H33ClN4O2/c1-5-29-12-14-30(15-13-29)22-11-10-21(16-18(22)4)27-25(32)23(17(2)3)28-24(31)19-6-8-20(26)9-7-19/h6-11,16-17,23H,5,12-15H2,1-4H3,(H,27,32)(H,28,31)/t23-/m0/s1. The van der Waals surface area contributed by atoms with Gasteiger partial charge in [0.15, 0.2) is 0 Å². The Labute approximate surface area is 195 Å². The van der Waals surface area contributed by atoms with Crippen molar-refractivity contribution in [2.75, 3.05) is 42.9 Å². The van der Waals surface area contributed by atoms with E-state index in [1.165, 1.54) is 5.69 Å². The van der Waals surface area contributed by atoms with Gasteiger partial charge in [0.05, 0.1) is 0 Å². The summed E-state index contributed by atoms with van der Waals surface area (Å²) in [4.78, 5) is 30.4. The van der Waals surface area contributed by atoms with Gasteiger partial charge in [-0.25, -0.2) is 0 Å². The van der Waals surface area contributed by atoms with Crippen molar-refractivity contribution in [3.63, 3.8) is 0 Å². The van der Waals surface area contributed by atoms with Crippen molar-refractivity contribution in [2.45, 2.75) is 33.7 Å². The summed E-state index contributed by atoms with van der Waals surface area (Å²) in [6.45, 7) is 13.3. The van der Waals surface area contributed by atoms with E-state index in [1.54, 1.807) is 24.3 Å². The molecule has 0 saturated carbocycles. The van der Waals surface area contributed by atoms with Crippen LogP contribution in [0.2, 0.25) is 5.02 Å². The number of anilines is 2. The first kappa shape index (κ1) is 24.1. The highest BCUT2D eigenvalue weighted by atomic mass is 35.5. The van der Waals surface area contributed by atoms with E-state index >= 15 is 0 Å². The zero-order chi connectivity index (χ0) is 23.3. The van der Waals surface area contributed by atoms with Gasteiger partial charge in [0.25, 0.3) is 5.91 Å². The van der Waals surface area contributed by atoms with Crippen LogP contribution in [0.1, 0.15) is 36.7 Å². The molecule has 2 aromatic rings. The topological polar surface area (TPSA) is 64.7 Å². The van der Waals surface area contributed by atoms with Gasteiger partial charge < -0.3 is 20.4 Å². The molecule has 7 heteroatoms. The summed E-state index contributed by atoms with van der Waals surface area (Å²) < 4.78 is 0. The molecular formula is C25H33ClN4O2. The number of hydrogen-bond acceptors (Lipinski definition) is 4. The fraction of sp³-hybridized carbons (Fsp3) is 0.440. The van der Waals surface area contributed by atoms with E-state index in [1.807, 2.05) is 26.0 Å². The molecule has 2 N–H and O–H groups in total. The van der Waals surface area contributed by atoms with Gasteiger partial charge in [0, 0.05) is 48.1 Å². The Kier molecular flexibility index (Phi) is 8.15. The minimum absolute atomic E-state index is 0.0681. The number of carbonyl (C=O) groups excluding carboxylic acids is 2. The molecule has 32 heavy (non-hydrogen) atoms. The second-order valence-electron chi connectivity index (χ2n) is 8.61. The third-order valence-electron chi connectivity index (χ3n) is 5.97. The van der Waals surface area contributed by atoms with Crippen LogP contribution in [0.4, 0.5) is 11.4 Å². The molecule has 6 nitrogen and oxygen atoms in total. The van der Waals surface area contributed by atoms with Crippen molar-refractivity contribution in [2.24, 2.45) is 5.92 Å². The maximum Gasteiger partial charge on any atom is 0.251 e. The predicted octanol–water partition coefficient (Wildman–Crippen LogP) is 4.18. The molecule has 0 unspecified atom stereocenters. The number of rotatable bonds is 7. The molecule has 0 bridgehead atoms. The number of piperazine rings is 1. The van der Waals surface area contributed by atoms with Gasteiger partial charge in [-0.15, -0.1) is 0 Å². The third kappa shape index (κ3) is 6.02. The Morgan fingerprint density at radius 1 is 1.03 bits per heavy atom. The lowest BCUT2D eigenvalue weighted by Gasteiger charge is -2.36.